The molecule has 1 aliphatic heterocycles. The second-order valence-corrected chi connectivity index (χ2v) is 4.09. The summed E-state index contributed by atoms with van der Waals surface area (Å²) < 4.78 is 0. The lowest BCUT2D eigenvalue weighted by Gasteiger charge is -2.30. The molecule has 4 heteroatoms. The predicted octanol–water partition coefficient (Wildman–Crippen LogP) is -0.683. The van der Waals surface area contributed by atoms with Gasteiger partial charge in [-0.1, -0.05) is 0 Å². The Morgan fingerprint density at radius 1 is 1.54 bits per heavy atom. The lowest BCUT2D eigenvalue weighted by molar-refractivity contribution is -0.135. The van der Waals surface area contributed by atoms with E-state index in [0.717, 1.165) is 25.8 Å². The van der Waals surface area contributed by atoms with Crippen LogP contribution < -0.4 is 5.73 Å². The van der Waals surface area contributed by atoms with Crippen LogP contribution in [0.25, 0.3) is 0 Å². The van der Waals surface area contributed by atoms with Gasteiger partial charge in [0.05, 0.1) is 12.0 Å². The second kappa shape index (κ2) is 3.27. The van der Waals surface area contributed by atoms with Crippen LogP contribution in [0.1, 0.15) is 19.3 Å². The van der Waals surface area contributed by atoms with E-state index in [9.17, 15) is 9.90 Å². The highest BCUT2D eigenvalue weighted by Gasteiger charge is 2.42. The fourth-order valence-corrected chi connectivity index (χ4v) is 1.89. The van der Waals surface area contributed by atoms with Gasteiger partial charge in [-0.15, -0.1) is 0 Å². The van der Waals surface area contributed by atoms with E-state index in [2.05, 4.69) is 0 Å². The quantitative estimate of drug-likeness (QED) is 0.567. The Bertz CT molecular complexity index is 220. The SMILES string of the molecule is NC1CC1C(=O)N1CCCC(O)C1. The van der Waals surface area contributed by atoms with Crippen molar-refractivity contribution < 1.29 is 9.90 Å². The summed E-state index contributed by atoms with van der Waals surface area (Å²) in [5.74, 6) is 0.191. The minimum Gasteiger partial charge on any atom is -0.391 e. The van der Waals surface area contributed by atoms with Crippen LogP contribution in [-0.4, -0.2) is 41.1 Å². The number of nitrogens with two attached hydrogens (primary N) is 1. The first-order valence-corrected chi connectivity index (χ1v) is 4.91. The molecule has 1 saturated carbocycles. The fourth-order valence-electron chi connectivity index (χ4n) is 1.89. The molecule has 1 aliphatic carbocycles. The van der Waals surface area contributed by atoms with E-state index in [0.29, 0.717) is 6.54 Å². The van der Waals surface area contributed by atoms with E-state index in [-0.39, 0.29) is 24.0 Å². The zero-order valence-electron chi connectivity index (χ0n) is 7.65. The molecule has 13 heavy (non-hydrogen) atoms. The molecule has 1 amide bonds. The minimum atomic E-state index is -0.326. The maximum Gasteiger partial charge on any atom is 0.227 e. The standard InChI is InChI=1S/C9H16N2O2/c10-8-4-7(8)9(13)11-3-1-2-6(12)5-11/h6-8,12H,1-5,10H2. The molecule has 0 radical (unpaired) electrons. The molecule has 0 bridgehead atoms. The summed E-state index contributed by atoms with van der Waals surface area (Å²) in [7, 11) is 0. The highest BCUT2D eigenvalue weighted by molar-refractivity contribution is 5.82. The smallest absolute Gasteiger partial charge is 0.227 e. The molecule has 3 N–H and O–H groups in total. The Morgan fingerprint density at radius 2 is 2.23 bits per heavy atom. The molecule has 1 saturated heterocycles. The normalized spacial score (nSPS) is 38.9. The third kappa shape index (κ3) is 1.84. The number of amides is 1. The third-order valence-corrected chi connectivity index (χ3v) is 2.87. The molecular weight excluding hydrogens is 168 g/mol. The molecule has 4 nitrogen and oxygen atoms in total. The number of hydrogen-bond donors (Lipinski definition) is 2. The summed E-state index contributed by atoms with van der Waals surface area (Å²) in [4.78, 5) is 13.4. The lowest BCUT2D eigenvalue weighted by atomic mass is 10.1. The van der Waals surface area contributed by atoms with Gasteiger partial charge in [0.15, 0.2) is 0 Å². The van der Waals surface area contributed by atoms with Gasteiger partial charge in [0.25, 0.3) is 0 Å². The Hall–Kier alpha value is -0.610. The third-order valence-electron chi connectivity index (χ3n) is 2.87. The number of carbonyl (C=O) groups is 1. The lowest BCUT2D eigenvalue weighted by Crippen LogP contribution is -2.43. The van der Waals surface area contributed by atoms with Crippen LogP contribution in [-0.2, 0) is 4.79 Å². The van der Waals surface area contributed by atoms with Gasteiger partial charge in [-0.05, 0) is 19.3 Å². The number of likely N-dealkylation sites (tertiary alicyclic amines) is 1. The van der Waals surface area contributed by atoms with Crippen LogP contribution in [0.4, 0.5) is 0 Å². The van der Waals surface area contributed by atoms with Crippen LogP contribution in [0.15, 0.2) is 0 Å². The fraction of sp³-hybridized carbons (Fsp3) is 0.889. The zero-order chi connectivity index (χ0) is 9.42. The predicted molar refractivity (Wildman–Crippen MR) is 47.9 cm³/mol. The van der Waals surface area contributed by atoms with Gasteiger partial charge in [0, 0.05) is 19.1 Å². The number of nitrogens with zero attached hydrogens (tertiary/aromatic N) is 1. The van der Waals surface area contributed by atoms with Crippen molar-refractivity contribution in [2.45, 2.75) is 31.4 Å². The summed E-state index contributed by atoms with van der Waals surface area (Å²) in [5.41, 5.74) is 5.60. The van der Waals surface area contributed by atoms with Crippen LogP contribution in [0, 0.1) is 5.92 Å². The summed E-state index contributed by atoms with van der Waals surface area (Å²) in [6.45, 7) is 1.29. The van der Waals surface area contributed by atoms with Gasteiger partial charge < -0.3 is 15.7 Å². The average Bonchev–Trinajstić information content (AvgIpc) is 2.81. The Kier molecular flexibility index (Phi) is 2.26. The largest absolute Gasteiger partial charge is 0.391 e. The first-order chi connectivity index (χ1) is 6.18. The molecule has 2 aliphatic rings. The van der Waals surface area contributed by atoms with Gasteiger partial charge >= 0.3 is 0 Å². The molecule has 74 valence electrons. The Labute approximate surface area is 77.7 Å². The van der Waals surface area contributed by atoms with Crippen LogP contribution >= 0.6 is 0 Å². The maximum absolute atomic E-state index is 11.7. The van der Waals surface area contributed by atoms with Crippen molar-refractivity contribution in [2.24, 2.45) is 11.7 Å². The van der Waals surface area contributed by atoms with E-state index in [1.54, 1.807) is 4.90 Å². The second-order valence-electron chi connectivity index (χ2n) is 4.09. The van der Waals surface area contributed by atoms with Crippen molar-refractivity contribution in [3.8, 4) is 0 Å². The minimum absolute atomic E-state index is 0.0466. The maximum atomic E-state index is 11.7. The van der Waals surface area contributed by atoms with E-state index in [1.807, 2.05) is 0 Å². The summed E-state index contributed by atoms with van der Waals surface area (Å²) in [6.07, 6.45) is 2.23. The van der Waals surface area contributed by atoms with Crippen molar-refractivity contribution in [3.63, 3.8) is 0 Å². The summed E-state index contributed by atoms with van der Waals surface area (Å²) in [5, 5.41) is 9.37. The van der Waals surface area contributed by atoms with E-state index < -0.39 is 0 Å². The number of aliphatic hydroxyl groups is 1. The van der Waals surface area contributed by atoms with Crippen molar-refractivity contribution in [3.05, 3.63) is 0 Å². The van der Waals surface area contributed by atoms with E-state index >= 15 is 0 Å². The van der Waals surface area contributed by atoms with E-state index in [1.165, 1.54) is 0 Å². The summed E-state index contributed by atoms with van der Waals surface area (Å²) >= 11 is 0. The van der Waals surface area contributed by atoms with Gasteiger partial charge in [-0.2, -0.15) is 0 Å². The van der Waals surface area contributed by atoms with Gasteiger partial charge in [0.2, 0.25) is 5.91 Å². The summed E-state index contributed by atoms with van der Waals surface area (Å²) in [6, 6.07) is 0.0755. The average molecular weight is 184 g/mol. The zero-order valence-corrected chi connectivity index (χ0v) is 7.65. The molecular formula is C9H16N2O2. The molecule has 1 heterocycles. The first-order valence-electron chi connectivity index (χ1n) is 4.91. The van der Waals surface area contributed by atoms with Crippen LogP contribution in [0.2, 0.25) is 0 Å². The van der Waals surface area contributed by atoms with Gasteiger partial charge in [-0.25, -0.2) is 0 Å². The van der Waals surface area contributed by atoms with Gasteiger partial charge in [-0.3, -0.25) is 4.79 Å². The first kappa shape index (κ1) is 8.97. The topological polar surface area (TPSA) is 66.6 Å². The van der Waals surface area contributed by atoms with Crippen molar-refractivity contribution >= 4 is 5.91 Å². The molecule has 2 fully saturated rings. The number of carbonyl (C=O) groups excluding carboxylic acids is 1. The molecule has 0 aromatic heterocycles. The molecule has 0 aromatic carbocycles. The number of aliphatic hydroxyl groups excluding tert-OH is 1. The molecule has 0 spiro atoms. The molecule has 2 rings (SSSR count). The number of hydrogen-bond acceptors (Lipinski definition) is 3. The van der Waals surface area contributed by atoms with E-state index in [4.69, 9.17) is 5.73 Å². The number of rotatable bonds is 1. The highest BCUT2D eigenvalue weighted by atomic mass is 16.3. The van der Waals surface area contributed by atoms with Crippen LogP contribution in [0.3, 0.4) is 0 Å². The Morgan fingerprint density at radius 3 is 2.77 bits per heavy atom. The van der Waals surface area contributed by atoms with Crippen molar-refractivity contribution in [1.29, 1.82) is 0 Å². The number of piperidine rings is 1. The highest BCUT2D eigenvalue weighted by Crippen LogP contribution is 2.30. The molecule has 3 unspecified atom stereocenters. The molecule has 0 aromatic rings. The Balaban J connectivity index is 1.88. The number of β-amino-alcohol motifs (C(OH)–C–C–N with tert-alkyl or cyclic N) is 1. The van der Waals surface area contributed by atoms with Crippen molar-refractivity contribution in [2.75, 3.05) is 13.1 Å². The molecule has 3 atom stereocenters. The van der Waals surface area contributed by atoms with Gasteiger partial charge in [0.1, 0.15) is 0 Å². The van der Waals surface area contributed by atoms with Crippen LogP contribution in [0.5, 0.6) is 0 Å². The monoisotopic (exact) mass is 184 g/mol. The van der Waals surface area contributed by atoms with Crippen molar-refractivity contribution in [1.82, 2.24) is 4.90 Å².